The smallest absolute Gasteiger partial charge is 0.277 e. The molecule has 1 aromatic heterocycles. The second-order valence-corrected chi connectivity index (χ2v) is 6.57. The molecule has 0 bridgehead atoms. The molecule has 3 aromatic rings. The average molecular weight is 379 g/mol. The summed E-state index contributed by atoms with van der Waals surface area (Å²) in [7, 11) is 0. The van der Waals surface area contributed by atoms with Crippen molar-refractivity contribution in [3.05, 3.63) is 78.0 Å². The fraction of sp³-hybridized carbons (Fsp3) is 0.273. The molecule has 1 unspecified atom stereocenters. The Morgan fingerprint density at radius 3 is 2.64 bits per heavy atom. The Balaban J connectivity index is 1.53. The van der Waals surface area contributed by atoms with Gasteiger partial charge in [-0.05, 0) is 36.2 Å². The van der Waals surface area contributed by atoms with Gasteiger partial charge in [0.15, 0.2) is 5.69 Å². The van der Waals surface area contributed by atoms with Crippen molar-refractivity contribution in [3.63, 3.8) is 0 Å². The van der Waals surface area contributed by atoms with Gasteiger partial charge in [-0.15, -0.1) is 0 Å². The SMILES string of the molecule is CCCCC(N)c1nc(C(=O)Nc2ccc(OCc3ccccc3)cc2)co1. The van der Waals surface area contributed by atoms with Gasteiger partial charge in [0, 0.05) is 5.69 Å². The molecule has 0 aliphatic carbocycles. The van der Waals surface area contributed by atoms with E-state index in [2.05, 4.69) is 17.2 Å². The fourth-order valence-corrected chi connectivity index (χ4v) is 2.68. The number of nitrogens with zero attached hydrogens (tertiary/aromatic N) is 1. The maximum atomic E-state index is 12.4. The highest BCUT2D eigenvalue weighted by atomic mass is 16.5. The van der Waals surface area contributed by atoms with Gasteiger partial charge in [0.05, 0.1) is 6.04 Å². The molecule has 0 aliphatic heterocycles. The first-order valence-corrected chi connectivity index (χ1v) is 9.45. The number of unbranched alkanes of at least 4 members (excludes halogenated alkanes) is 1. The van der Waals surface area contributed by atoms with Crippen LogP contribution in [0.3, 0.4) is 0 Å². The summed E-state index contributed by atoms with van der Waals surface area (Å²) in [6, 6.07) is 16.8. The Bertz CT molecular complexity index is 876. The summed E-state index contributed by atoms with van der Waals surface area (Å²) in [5.74, 6) is 0.784. The minimum atomic E-state index is -0.337. The minimum absolute atomic E-state index is 0.214. The molecule has 0 saturated heterocycles. The lowest BCUT2D eigenvalue weighted by atomic mass is 10.1. The van der Waals surface area contributed by atoms with Crippen LogP contribution in [-0.4, -0.2) is 10.9 Å². The Morgan fingerprint density at radius 1 is 1.18 bits per heavy atom. The highest BCUT2D eigenvalue weighted by Gasteiger charge is 2.17. The van der Waals surface area contributed by atoms with Gasteiger partial charge in [0.25, 0.3) is 5.91 Å². The third-order valence-electron chi connectivity index (χ3n) is 4.30. The van der Waals surface area contributed by atoms with E-state index in [4.69, 9.17) is 14.9 Å². The molecule has 0 radical (unpaired) electrons. The molecule has 6 nitrogen and oxygen atoms in total. The molecule has 3 N–H and O–H groups in total. The summed E-state index contributed by atoms with van der Waals surface area (Å²) in [5.41, 5.74) is 7.99. The first kappa shape index (κ1) is 19.6. The van der Waals surface area contributed by atoms with Crippen LogP contribution in [0.2, 0.25) is 0 Å². The Morgan fingerprint density at radius 2 is 1.93 bits per heavy atom. The number of hydrogen-bond donors (Lipinski definition) is 2. The number of oxazole rings is 1. The zero-order chi connectivity index (χ0) is 19.8. The number of benzene rings is 2. The van der Waals surface area contributed by atoms with Crippen LogP contribution < -0.4 is 15.8 Å². The largest absolute Gasteiger partial charge is 0.489 e. The first-order chi connectivity index (χ1) is 13.7. The number of hydrogen-bond acceptors (Lipinski definition) is 5. The van der Waals surface area contributed by atoms with E-state index >= 15 is 0 Å². The van der Waals surface area contributed by atoms with Gasteiger partial charge < -0.3 is 20.2 Å². The summed E-state index contributed by atoms with van der Waals surface area (Å²) in [4.78, 5) is 16.6. The molecule has 1 atom stereocenters. The van der Waals surface area contributed by atoms with E-state index in [-0.39, 0.29) is 17.6 Å². The maximum Gasteiger partial charge on any atom is 0.277 e. The Kier molecular flexibility index (Phi) is 6.81. The van der Waals surface area contributed by atoms with E-state index in [1.165, 1.54) is 6.26 Å². The highest BCUT2D eigenvalue weighted by Crippen LogP contribution is 2.19. The number of amides is 1. The third kappa shape index (κ3) is 5.44. The number of nitrogens with two attached hydrogens (primary N) is 1. The number of aromatic nitrogens is 1. The van der Waals surface area contributed by atoms with Crippen molar-refractivity contribution in [1.29, 1.82) is 0 Å². The number of anilines is 1. The Labute approximate surface area is 164 Å². The summed E-state index contributed by atoms with van der Waals surface area (Å²) in [6.07, 6.45) is 4.16. The van der Waals surface area contributed by atoms with Gasteiger partial charge in [-0.1, -0.05) is 50.1 Å². The Hall–Kier alpha value is -3.12. The van der Waals surface area contributed by atoms with Gasteiger partial charge in [-0.25, -0.2) is 4.98 Å². The number of ether oxygens (including phenoxy) is 1. The molecular weight excluding hydrogens is 354 g/mol. The molecule has 1 heterocycles. The zero-order valence-electron chi connectivity index (χ0n) is 15.9. The maximum absolute atomic E-state index is 12.4. The second-order valence-electron chi connectivity index (χ2n) is 6.57. The molecule has 0 saturated carbocycles. The predicted octanol–water partition coefficient (Wildman–Crippen LogP) is 4.70. The van der Waals surface area contributed by atoms with Crippen molar-refractivity contribution < 1.29 is 13.9 Å². The summed E-state index contributed by atoms with van der Waals surface area (Å²) < 4.78 is 11.1. The van der Waals surface area contributed by atoms with Crippen LogP contribution in [0, 0.1) is 0 Å². The van der Waals surface area contributed by atoms with Crippen LogP contribution in [-0.2, 0) is 6.61 Å². The van der Waals surface area contributed by atoms with Crippen LogP contribution in [0.15, 0.2) is 65.3 Å². The fourth-order valence-electron chi connectivity index (χ4n) is 2.68. The molecular formula is C22H25N3O3. The third-order valence-corrected chi connectivity index (χ3v) is 4.30. The summed E-state index contributed by atoms with van der Waals surface area (Å²) in [6.45, 7) is 2.59. The number of carbonyl (C=O) groups excluding carboxylic acids is 1. The predicted molar refractivity (Wildman–Crippen MR) is 108 cm³/mol. The minimum Gasteiger partial charge on any atom is -0.489 e. The molecule has 0 aliphatic rings. The van der Waals surface area contributed by atoms with Crippen LogP contribution in [0.25, 0.3) is 0 Å². The van der Waals surface area contributed by atoms with Crippen molar-refractivity contribution in [2.75, 3.05) is 5.32 Å². The van der Waals surface area contributed by atoms with Crippen LogP contribution in [0.1, 0.15) is 54.2 Å². The van der Waals surface area contributed by atoms with Gasteiger partial charge in [-0.3, -0.25) is 4.79 Å². The normalized spacial score (nSPS) is 11.8. The van der Waals surface area contributed by atoms with E-state index in [0.717, 1.165) is 30.6 Å². The summed E-state index contributed by atoms with van der Waals surface area (Å²) in [5, 5.41) is 2.80. The van der Waals surface area contributed by atoms with Crippen molar-refractivity contribution >= 4 is 11.6 Å². The molecule has 2 aromatic carbocycles. The average Bonchev–Trinajstić information content (AvgIpc) is 3.23. The number of carbonyl (C=O) groups is 1. The second kappa shape index (κ2) is 9.71. The van der Waals surface area contributed by atoms with Crippen LogP contribution in [0.5, 0.6) is 5.75 Å². The van der Waals surface area contributed by atoms with E-state index in [1.54, 1.807) is 12.1 Å². The van der Waals surface area contributed by atoms with Gasteiger partial charge in [0.1, 0.15) is 18.6 Å². The lowest BCUT2D eigenvalue weighted by Crippen LogP contribution is -2.14. The molecule has 3 rings (SSSR count). The molecule has 146 valence electrons. The van der Waals surface area contributed by atoms with Crippen molar-refractivity contribution in [1.82, 2.24) is 4.98 Å². The topological polar surface area (TPSA) is 90.4 Å². The summed E-state index contributed by atoms with van der Waals surface area (Å²) >= 11 is 0. The zero-order valence-corrected chi connectivity index (χ0v) is 15.9. The van der Waals surface area contributed by atoms with E-state index in [0.29, 0.717) is 18.2 Å². The van der Waals surface area contributed by atoms with Crippen molar-refractivity contribution in [3.8, 4) is 5.75 Å². The van der Waals surface area contributed by atoms with Crippen molar-refractivity contribution in [2.24, 2.45) is 5.73 Å². The standard InChI is InChI=1S/C22H25N3O3/c1-2-3-9-19(23)22-25-20(15-28-22)21(26)24-17-10-12-18(13-11-17)27-14-16-7-5-4-6-8-16/h4-8,10-13,15,19H,2-3,9,14,23H2,1H3,(H,24,26). The quantitative estimate of drug-likeness (QED) is 0.562. The molecule has 0 spiro atoms. The lowest BCUT2D eigenvalue weighted by molar-refractivity contribution is 0.102. The van der Waals surface area contributed by atoms with E-state index in [9.17, 15) is 4.79 Å². The molecule has 0 fully saturated rings. The number of nitrogens with one attached hydrogen (secondary N) is 1. The van der Waals surface area contributed by atoms with Gasteiger partial charge in [0.2, 0.25) is 5.89 Å². The van der Waals surface area contributed by atoms with E-state index < -0.39 is 0 Å². The monoisotopic (exact) mass is 379 g/mol. The number of rotatable bonds is 9. The highest BCUT2D eigenvalue weighted by molar-refractivity contribution is 6.02. The van der Waals surface area contributed by atoms with Crippen LogP contribution >= 0.6 is 0 Å². The molecule has 6 heteroatoms. The van der Waals surface area contributed by atoms with Crippen LogP contribution in [0.4, 0.5) is 5.69 Å². The lowest BCUT2D eigenvalue weighted by Gasteiger charge is -2.08. The van der Waals surface area contributed by atoms with Gasteiger partial charge >= 0.3 is 0 Å². The molecule has 28 heavy (non-hydrogen) atoms. The molecule has 1 amide bonds. The first-order valence-electron chi connectivity index (χ1n) is 9.45. The van der Waals surface area contributed by atoms with Gasteiger partial charge in [-0.2, -0.15) is 0 Å². The van der Waals surface area contributed by atoms with Crippen molar-refractivity contribution in [2.45, 2.75) is 38.8 Å². The van der Waals surface area contributed by atoms with E-state index in [1.807, 2.05) is 42.5 Å².